The summed E-state index contributed by atoms with van der Waals surface area (Å²) < 4.78 is 1.52. The van der Waals surface area contributed by atoms with Crippen LogP contribution in [0.2, 0.25) is 0 Å². The fourth-order valence-corrected chi connectivity index (χ4v) is 1.39. The number of hydrogen-bond donors (Lipinski definition) is 1. The molecule has 0 spiro atoms. The lowest BCUT2D eigenvalue weighted by atomic mass is 10.0. The zero-order valence-electron chi connectivity index (χ0n) is 8.75. The highest BCUT2D eigenvalue weighted by Crippen LogP contribution is 2.18. The zero-order chi connectivity index (χ0) is 10.8. The molecule has 5 nitrogen and oxygen atoms in total. The Kier molecular flexibility index (Phi) is 2.37. The van der Waals surface area contributed by atoms with Gasteiger partial charge in [-0.2, -0.15) is 4.68 Å². The van der Waals surface area contributed by atoms with E-state index in [1.165, 1.54) is 10.2 Å². The van der Waals surface area contributed by atoms with Crippen molar-refractivity contribution in [3.8, 4) is 5.69 Å². The summed E-state index contributed by atoms with van der Waals surface area (Å²) in [5, 5.41) is 11.0. The van der Waals surface area contributed by atoms with Crippen LogP contribution in [0.15, 0.2) is 24.3 Å². The number of hydrogen-bond acceptors (Lipinski definition) is 4. The Morgan fingerprint density at radius 3 is 2.73 bits per heavy atom. The minimum Gasteiger partial charge on any atom is -0.366 e. The van der Waals surface area contributed by atoms with Gasteiger partial charge in [0, 0.05) is 0 Å². The molecule has 0 radical (unpaired) electrons. The lowest BCUT2D eigenvalue weighted by Gasteiger charge is -2.07. The summed E-state index contributed by atoms with van der Waals surface area (Å²) in [4.78, 5) is 0. The molecule has 1 aromatic carbocycles. The molecular formula is C10H13N5. The van der Waals surface area contributed by atoms with Gasteiger partial charge < -0.3 is 5.73 Å². The fourth-order valence-electron chi connectivity index (χ4n) is 1.39. The first-order valence-corrected chi connectivity index (χ1v) is 4.82. The van der Waals surface area contributed by atoms with Crippen molar-refractivity contribution in [1.29, 1.82) is 0 Å². The number of nitrogen functional groups attached to an aromatic ring is 1. The van der Waals surface area contributed by atoms with Gasteiger partial charge in [-0.05, 0) is 34.0 Å². The first-order valence-electron chi connectivity index (χ1n) is 4.82. The van der Waals surface area contributed by atoms with Crippen LogP contribution in [-0.4, -0.2) is 20.2 Å². The monoisotopic (exact) mass is 203 g/mol. The molecule has 0 amide bonds. The summed E-state index contributed by atoms with van der Waals surface area (Å²) in [5.74, 6) is 0.776. The number of rotatable bonds is 2. The molecule has 0 unspecified atom stereocenters. The van der Waals surface area contributed by atoms with E-state index in [1.807, 2.05) is 18.2 Å². The number of nitrogens with zero attached hydrogens (tertiary/aromatic N) is 4. The molecule has 0 bridgehead atoms. The maximum Gasteiger partial charge on any atom is 0.245 e. The maximum atomic E-state index is 5.63. The molecule has 0 atom stereocenters. The summed E-state index contributed by atoms with van der Waals surface area (Å²) in [6, 6.07) is 8.02. The molecule has 0 fully saturated rings. The number of nitrogens with two attached hydrogens (primary N) is 1. The molecule has 2 rings (SSSR count). The normalized spacial score (nSPS) is 10.9. The van der Waals surface area contributed by atoms with Gasteiger partial charge in [0.2, 0.25) is 5.95 Å². The highest BCUT2D eigenvalue weighted by molar-refractivity contribution is 5.39. The van der Waals surface area contributed by atoms with E-state index in [1.54, 1.807) is 0 Å². The average molecular weight is 203 g/mol. The van der Waals surface area contributed by atoms with Gasteiger partial charge in [0.25, 0.3) is 0 Å². The highest BCUT2D eigenvalue weighted by atomic mass is 15.6. The minimum atomic E-state index is 0.302. The van der Waals surface area contributed by atoms with Crippen molar-refractivity contribution >= 4 is 5.95 Å². The van der Waals surface area contributed by atoms with Gasteiger partial charge in [0.15, 0.2) is 0 Å². The van der Waals surface area contributed by atoms with E-state index < -0.39 is 0 Å². The van der Waals surface area contributed by atoms with Crippen LogP contribution >= 0.6 is 0 Å². The van der Waals surface area contributed by atoms with Gasteiger partial charge in [0.05, 0.1) is 5.69 Å². The van der Waals surface area contributed by atoms with Gasteiger partial charge in [0.1, 0.15) is 0 Å². The lowest BCUT2D eigenvalue weighted by Crippen LogP contribution is -2.03. The second kappa shape index (κ2) is 3.68. The Hall–Kier alpha value is -1.91. The van der Waals surface area contributed by atoms with Crippen molar-refractivity contribution in [3.05, 3.63) is 29.8 Å². The molecule has 2 aromatic rings. The van der Waals surface area contributed by atoms with Crippen molar-refractivity contribution in [2.45, 2.75) is 19.8 Å². The number of tetrazole rings is 1. The molecule has 0 saturated carbocycles. The van der Waals surface area contributed by atoms with Crippen LogP contribution in [0.25, 0.3) is 5.69 Å². The summed E-state index contributed by atoms with van der Waals surface area (Å²) in [6.07, 6.45) is 0. The average Bonchev–Trinajstić information content (AvgIpc) is 2.64. The second-order valence-corrected chi connectivity index (χ2v) is 3.70. The molecule has 78 valence electrons. The smallest absolute Gasteiger partial charge is 0.245 e. The lowest BCUT2D eigenvalue weighted by molar-refractivity contribution is 0.786. The molecule has 2 N–H and O–H groups in total. The standard InChI is InChI=1S/C10H13N5/c1-7(2)8-4-3-5-9(6-8)15-10(11)12-13-14-15/h3-7H,1-2H3,(H2,11,12,14). The summed E-state index contributed by atoms with van der Waals surface area (Å²) >= 11 is 0. The molecule has 0 aliphatic heterocycles. The fraction of sp³-hybridized carbons (Fsp3) is 0.300. The Labute approximate surface area is 87.9 Å². The van der Waals surface area contributed by atoms with Crippen LogP contribution in [0.5, 0.6) is 0 Å². The Bertz CT molecular complexity index is 460. The first kappa shape index (κ1) is 9.64. The van der Waals surface area contributed by atoms with E-state index >= 15 is 0 Å². The van der Waals surface area contributed by atoms with Crippen LogP contribution in [-0.2, 0) is 0 Å². The molecular weight excluding hydrogens is 190 g/mol. The van der Waals surface area contributed by atoms with E-state index in [2.05, 4.69) is 35.4 Å². The van der Waals surface area contributed by atoms with Crippen molar-refractivity contribution in [3.63, 3.8) is 0 Å². The zero-order valence-corrected chi connectivity index (χ0v) is 8.75. The van der Waals surface area contributed by atoms with Gasteiger partial charge in [-0.3, -0.25) is 0 Å². The van der Waals surface area contributed by atoms with E-state index in [-0.39, 0.29) is 0 Å². The van der Waals surface area contributed by atoms with Crippen LogP contribution in [0.4, 0.5) is 5.95 Å². The van der Waals surface area contributed by atoms with Crippen LogP contribution in [0.3, 0.4) is 0 Å². The predicted molar refractivity (Wildman–Crippen MR) is 57.7 cm³/mol. The molecule has 0 aliphatic carbocycles. The Morgan fingerprint density at radius 1 is 1.33 bits per heavy atom. The van der Waals surface area contributed by atoms with Crippen molar-refractivity contribution in [1.82, 2.24) is 20.2 Å². The third-order valence-electron chi connectivity index (χ3n) is 2.28. The summed E-state index contributed by atoms with van der Waals surface area (Å²) in [5.41, 5.74) is 7.76. The SMILES string of the molecule is CC(C)c1cccc(-n2nnnc2N)c1. The molecule has 1 aromatic heterocycles. The van der Waals surface area contributed by atoms with Crippen molar-refractivity contribution in [2.24, 2.45) is 0 Å². The first-order chi connectivity index (χ1) is 7.18. The van der Waals surface area contributed by atoms with Crippen molar-refractivity contribution in [2.75, 3.05) is 5.73 Å². The Morgan fingerprint density at radius 2 is 2.13 bits per heavy atom. The summed E-state index contributed by atoms with van der Waals surface area (Å²) in [6.45, 7) is 4.28. The van der Waals surface area contributed by atoms with E-state index in [0.717, 1.165) is 5.69 Å². The second-order valence-electron chi connectivity index (χ2n) is 3.70. The van der Waals surface area contributed by atoms with E-state index in [4.69, 9.17) is 5.73 Å². The summed E-state index contributed by atoms with van der Waals surface area (Å²) in [7, 11) is 0. The third kappa shape index (κ3) is 1.81. The molecule has 0 saturated heterocycles. The Balaban J connectivity index is 2.46. The van der Waals surface area contributed by atoms with Crippen LogP contribution in [0.1, 0.15) is 25.3 Å². The number of benzene rings is 1. The number of aromatic nitrogens is 4. The minimum absolute atomic E-state index is 0.302. The van der Waals surface area contributed by atoms with Gasteiger partial charge in [-0.25, -0.2) is 0 Å². The van der Waals surface area contributed by atoms with Gasteiger partial charge in [-0.1, -0.05) is 31.1 Å². The molecule has 15 heavy (non-hydrogen) atoms. The van der Waals surface area contributed by atoms with Gasteiger partial charge in [-0.15, -0.1) is 0 Å². The third-order valence-corrected chi connectivity index (χ3v) is 2.28. The van der Waals surface area contributed by atoms with Gasteiger partial charge >= 0.3 is 0 Å². The van der Waals surface area contributed by atoms with Crippen LogP contribution < -0.4 is 5.73 Å². The predicted octanol–water partition coefficient (Wildman–Crippen LogP) is 1.37. The topological polar surface area (TPSA) is 69.6 Å². The van der Waals surface area contributed by atoms with E-state index in [0.29, 0.717) is 11.9 Å². The van der Waals surface area contributed by atoms with E-state index in [9.17, 15) is 0 Å². The highest BCUT2D eigenvalue weighted by Gasteiger charge is 2.05. The quantitative estimate of drug-likeness (QED) is 0.800. The molecule has 5 heteroatoms. The maximum absolute atomic E-state index is 5.63. The largest absolute Gasteiger partial charge is 0.366 e. The van der Waals surface area contributed by atoms with Crippen LogP contribution in [0, 0.1) is 0 Å². The van der Waals surface area contributed by atoms with Crippen molar-refractivity contribution < 1.29 is 0 Å². The molecule has 1 heterocycles. The number of anilines is 1. The molecule has 0 aliphatic rings.